The average molecular weight is 211 g/mol. The zero-order valence-corrected chi connectivity index (χ0v) is 8.24. The minimum atomic E-state index is -0.529. The molecule has 2 rings (SSSR count). The normalized spacial score (nSPS) is 25.7. The fraction of sp³-hybridized carbons (Fsp3) is 0.750. The van der Waals surface area contributed by atoms with E-state index in [1.165, 1.54) is 11.0 Å². The zero-order valence-electron chi connectivity index (χ0n) is 8.24. The molecule has 15 heavy (non-hydrogen) atoms. The van der Waals surface area contributed by atoms with Gasteiger partial charge in [-0.15, -0.1) is 5.10 Å². The first-order valence-electron chi connectivity index (χ1n) is 4.97. The van der Waals surface area contributed by atoms with E-state index < -0.39 is 4.92 Å². The van der Waals surface area contributed by atoms with Crippen LogP contribution in [0.25, 0.3) is 0 Å². The molecule has 2 unspecified atom stereocenters. The van der Waals surface area contributed by atoms with Crippen molar-refractivity contribution < 1.29 is 4.92 Å². The van der Waals surface area contributed by atoms with Crippen molar-refractivity contribution in [3.8, 4) is 0 Å². The molecule has 0 aliphatic heterocycles. The van der Waals surface area contributed by atoms with Gasteiger partial charge in [0, 0.05) is 0 Å². The first-order chi connectivity index (χ1) is 7.20. The smallest absolute Gasteiger partial charge is 0.358 e. The predicted molar refractivity (Wildman–Crippen MR) is 52.1 cm³/mol. The van der Waals surface area contributed by atoms with Crippen molar-refractivity contribution in [2.75, 3.05) is 6.54 Å². The molecule has 0 aromatic carbocycles. The Morgan fingerprint density at radius 3 is 3.00 bits per heavy atom. The highest BCUT2D eigenvalue weighted by molar-refractivity contribution is 5.08. The van der Waals surface area contributed by atoms with Gasteiger partial charge in [0.25, 0.3) is 0 Å². The Hall–Kier alpha value is -1.50. The molecular formula is C8H13N5O2. The van der Waals surface area contributed by atoms with Crippen LogP contribution in [-0.2, 0) is 0 Å². The molecule has 0 spiro atoms. The van der Waals surface area contributed by atoms with Gasteiger partial charge in [-0.1, -0.05) is 4.80 Å². The van der Waals surface area contributed by atoms with E-state index in [2.05, 4.69) is 10.2 Å². The molecule has 2 N–H and O–H groups in total. The third kappa shape index (κ3) is 1.96. The molecule has 1 aromatic heterocycles. The van der Waals surface area contributed by atoms with Crippen LogP contribution in [0, 0.1) is 16.0 Å². The Morgan fingerprint density at radius 1 is 1.67 bits per heavy atom. The van der Waals surface area contributed by atoms with Crippen LogP contribution in [0.15, 0.2) is 6.20 Å². The third-order valence-corrected chi connectivity index (χ3v) is 2.86. The minimum absolute atomic E-state index is 0.173. The third-order valence-electron chi connectivity index (χ3n) is 2.86. The molecule has 1 fully saturated rings. The summed E-state index contributed by atoms with van der Waals surface area (Å²) in [5.74, 6) is 0.311. The highest BCUT2D eigenvalue weighted by Crippen LogP contribution is 2.33. The van der Waals surface area contributed by atoms with Gasteiger partial charge in [-0.05, 0) is 36.6 Å². The standard InChI is InChI=1S/C8H13N5O2/c9-4-6-1-2-7(3-6)12-10-5-8(11-12)13(14)15/h5-7H,1-4,9H2. The van der Waals surface area contributed by atoms with Crippen LogP contribution in [0.4, 0.5) is 5.82 Å². The van der Waals surface area contributed by atoms with E-state index in [-0.39, 0.29) is 11.9 Å². The summed E-state index contributed by atoms with van der Waals surface area (Å²) in [5.41, 5.74) is 5.57. The van der Waals surface area contributed by atoms with E-state index in [0.717, 1.165) is 19.3 Å². The molecule has 1 aliphatic rings. The Morgan fingerprint density at radius 2 is 2.47 bits per heavy atom. The molecule has 7 nitrogen and oxygen atoms in total. The maximum absolute atomic E-state index is 10.4. The second-order valence-electron chi connectivity index (χ2n) is 3.85. The Labute approximate surface area is 86.4 Å². The summed E-state index contributed by atoms with van der Waals surface area (Å²) in [4.78, 5) is 11.3. The van der Waals surface area contributed by atoms with Crippen LogP contribution in [0.1, 0.15) is 25.3 Å². The van der Waals surface area contributed by atoms with Gasteiger partial charge in [-0.25, -0.2) is 0 Å². The number of hydrogen-bond donors (Lipinski definition) is 1. The predicted octanol–water partition coefficient (Wildman–Crippen LogP) is 0.486. The number of aromatic nitrogens is 3. The van der Waals surface area contributed by atoms with Crippen molar-refractivity contribution in [3.63, 3.8) is 0 Å². The van der Waals surface area contributed by atoms with E-state index in [1.54, 1.807) is 0 Å². The second-order valence-corrected chi connectivity index (χ2v) is 3.85. The van der Waals surface area contributed by atoms with Crippen molar-refractivity contribution >= 4 is 5.82 Å². The molecule has 2 atom stereocenters. The van der Waals surface area contributed by atoms with Crippen LogP contribution in [0.5, 0.6) is 0 Å². The van der Waals surface area contributed by atoms with Gasteiger partial charge in [0.05, 0.1) is 11.1 Å². The summed E-state index contributed by atoms with van der Waals surface area (Å²) in [6.07, 6.45) is 4.11. The van der Waals surface area contributed by atoms with Crippen molar-refractivity contribution in [2.45, 2.75) is 25.3 Å². The number of nitrogens with zero attached hydrogens (tertiary/aromatic N) is 4. The summed E-state index contributed by atoms with van der Waals surface area (Å²) in [6, 6.07) is 0.173. The Kier molecular flexibility index (Phi) is 2.63. The van der Waals surface area contributed by atoms with Gasteiger partial charge < -0.3 is 15.8 Å². The SMILES string of the molecule is NCC1CCC(n2ncc([N+](=O)[O-])n2)C1. The van der Waals surface area contributed by atoms with Gasteiger partial charge in [-0.3, -0.25) is 0 Å². The van der Waals surface area contributed by atoms with E-state index in [4.69, 9.17) is 5.73 Å². The van der Waals surface area contributed by atoms with Gasteiger partial charge in [-0.2, -0.15) is 0 Å². The highest BCUT2D eigenvalue weighted by Gasteiger charge is 2.29. The fourth-order valence-corrected chi connectivity index (χ4v) is 2.00. The maximum Gasteiger partial charge on any atom is 0.410 e. The van der Waals surface area contributed by atoms with E-state index in [0.29, 0.717) is 12.5 Å². The fourth-order valence-electron chi connectivity index (χ4n) is 2.00. The Balaban J connectivity index is 2.07. The molecule has 0 saturated heterocycles. The first-order valence-corrected chi connectivity index (χ1v) is 4.97. The van der Waals surface area contributed by atoms with E-state index >= 15 is 0 Å². The average Bonchev–Trinajstić information content (AvgIpc) is 2.86. The lowest BCUT2D eigenvalue weighted by molar-refractivity contribution is -0.389. The summed E-state index contributed by atoms with van der Waals surface area (Å²) in [7, 11) is 0. The molecule has 0 amide bonds. The van der Waals surface area contributed by atoms with Crippen LogP contribution in [0.3, 0.4) is 0 Å². The number of hydrogen-bond acceptors (Lipinski definition) is 5. The second kappa shape index (κ2) is 3.93. The Bertz CT molecular complexity index is 364. The molecule has 1 heterocycles. The highest BCUT2D eigenvalue weighted by atomic mass is 16.6. The topological polar surface area (TPSA) is 99.9 Å². The summed E-state index contributed by atoms with van der Waals surface area (Å²) < 4.78 is 0. The van der Waals surface area contributed by atoms with Crippen molar-refractivity contribution in [2.24, 2.45) is 11.7 Å². The van der Waals surface area contributed by atoms with Crippen LogP contribution >= 0.6 is 0 Å². The number of nitro groups is 1. The molecule has 0 radical (unpaired) electrons. The summed E-state index contributed by atoms with van der Waals surface area (Å²) >= 11 is 0. The first kappa shape index (κ1) is 10.0. The van der Waals surface area contributed by atoms with Gasteiger partial charge >= 0.3 is 5.82 Å². The zero-order chi connectivity index (χ0) is 10.8. The summed E-state index contributed by atoms with van der Waals surface area (Å²) in [5, 5.41) is 18.2. The quantitative estimate of drug-likeness (QED) is 0.579. The van der Waals surface area contributed by atoms with E-state index in [1.807, 2.05) is 0 Å². The lowest BCUT2D eigenvalue weighted by Crippen LogP contribution is -2.13. The van der Waals surface area contributed by atoms with Gasteiger partial charge in [0.2, 0.25) is 0 Å². The molecule has 1 aliphatic carbocycles. The van der Waals surface area contributed by atoms with Gasteiger partial charge in [0.1, 0.15) is 0 Å². The van der Waals surface area contributed by atoms with Crippen LogP contribution < -0.4 is 5.73 Å². The number of nitrogens with two attached hydrogens (primary N) is 1. The lowest BCUT2D eigenvalue weighted by Gasteiger charge is -2.04. The molecule has 82 valence electrons. The molecule has 1 saturated carbocycles. The molecular weight excluding hydrogens is 198 g/mol. The molecule has 1 aromatic rings. The number of rotatable bonds is 3. The largest absolute Gasteiger partial charge is 0.410 e. The van der Waals surface area contributed by atoms with Crippen molar-refractivity contribution in [1.29, 1.82) is 0 Å². The van der Waals surface area contributed by atoms with Crippen LogP contribution in [0.2, 0.25) is 0 Å². The van der Waals surface area contributed by atoms with Crippen molar-refractivity contribution in [1.82, 2.24) is 15.0 Å². The van der Waals surface area contributed by atoms with E-state index in [9.17, 15) is 10.1 Å². The lowest BCUT2D eigenvalue weighted by atomic mass is 10.1. The maximum atomic E-state index is 10.4. The molecule has 7 heteroatoms. The summed E-state index contributed by atoms with van der Waals surface area (Å²) in [6.45, 7) is 0.667. The van der Waals surface area contributed by atoms with Gasteiger partial charge in [0.15, 0.2) is 6.20 Å². The minimum Gasteiger partial charge on any atom is -0.358 e. The molecule has 0 bridgehead atoms. The van der Waals surface area contributed by atoms with Crippen LogP contribution in [-0.4, -0.2) is 26.5 Å². The van der Waals surface area contributed by atoms with Crippen molar-refractivity contribution in [3.05, 3.63) is 16.3 Å². The monoisotopic (exact) mass is 211 g/mol.